The van der Waals surface area contributed by atoms with E-state index in [1.165, 1.54) is 24.8 Å². The van der Waals surface area contributed by atoms with Gasteiger partial charge in [-0.2, -0.15) is 0 Å². The zero-order chi connectivity index (χ0) is 12.0. The van der Waals surface area contributed by atoms with Crippen LogP contribution in [0.5, 0.6) is 0 Å². The zero-order valence-electron chi connectivity index (χ0n) is 10.9. The molecule has 1 aromatic rings. The van der Waals surface area contributed by atoms with E-state index < -0.39 is 0 Å². The van der Waals surface area contributed by atoms with Crippen molar-refractivity contribution in [2.75, 3.05) is 0 Å². The fourth-order valence-corrected chi connectivity index (χ4v) is 2.09. The molecule has 0 bridgehead atoms. The zero-order valence-corrected chi connectivity index (χ0v) is 10.9. The third kappa shape index (κ3) is 4.36. The van der Waals surface area contributed by atoms with Gasteiger partial charge in [0.15, 0.2) is 0 Å². The van der Waals surface area contributed by atoms with Gasteiger partial charge in [0.1, 0.15) is 0 Å². The second-order valence-corrected chi connectivity index (χ2v) is 5.35. The van der Waals surface area contributed by atoms with Crippen LogP contribution in [-0.4, -0.2) is 5.54 Å². The molecular formula is C15H25N. The van der Waals surface area contributed by atoms with E-state index in [1.54, 1.807) is 0 Å². The number of nitrogens with two attached hydrogens (primary N) is 1. The first-order valence-electron chi connectivity index (χ1n) is 6.37. The largest absolute Gasteiger partial charge is 0.325 e. The molecule has 0 aliphatic rings. The summed E-state index contributed by atoms with van der Waals surface area (Å²) in [6.45, 7) is 6.54. The van der Waals surface area contributed by atoms with E-state index in [1.807, 2.05) is 0 Å². The van der Waals surface area contributed by atoms with Crippen molar-refractivity contribution in [3.63, 3.8) is 0 Å². The fraction of sp³-hybridized carbons (Fsp3) is 0.600. The quantitative estimate of drug-likeness (QED) is 0.774. The smallest absolute Gasteiger partial charge is 0.0129 e. The van der Waals surface area contributed by atoms with Gasteiger partial charge < -0.3 is 5.73 Å². The van der Waals surface area contributed by atoms with Gasteiger partial charge >= 0.3 is 0 Å². The summed E-state index contributed by atoms with van der Waals surface area (Å²) in [6, 6.07) is 10.7. The topological polar surface area (TPSA) is 26.0 Å². The molecule has 1 nitrogen and oxygen atoms in total. The van der Waals surface area contributed by atoms with Crippen molar-refractivity contribution in [1.29, 1.82) is 0 Å². The van der Waals surface area contributed by atoms with Crippen molar-refractivity contribution in [3.8, 4) is 0 Å². The van der Waals surface area contributed by atoms with Crippen molar-refractivity contribution >= 4 is 0 Å². The molecule has 0 amide bonds. The van der Waals surface area contributed by atoms with E-state index in [2.05, 4.69) is 51.1 Å². The highest BCUT2D eigenvalue weighted by atomic mass is 14.7. The summed E-state index contributed by atoms with van der Waals surface area (Å²) in [5.41, 5.74) is 7.59. The summed E-state index contributed by atoms with van der Waals surface area (Å²) in [4.78, 5) is 0. The molecule has 1 unspecified atom stereocenters. The molecule has 0 aliphatic carbocycles. The summed E-state index contributed by atoms with van der Waals surface area (Å²) in [6.07, 6.45) is 4.86. The van der Waals surface area contributed by atoms with Gasteiger partial charge in [-0.15, -0.1) is 0 Å². The fourth-order valence-electron chi connectivity index (χ4n) is 2.09. The molecule has 1 atom stereocenters. The highest BCUT2D eigenvalue weighted by Gasteiger charge is 2.24. The van der Waals surface area contributed by atoms with Crippen LogP contribution in [0.1, 0.15) is 45.6 Å². The van der Waals surface area contributed by atoms with Gasteiger partial charge in [-0.3, -0.25) is 0 Å². The van der Waals surface area contributed by atoms with Gasteiger partial charge in [-0.1, -0.05) is 50.1 Å². The second-order valence-electron chi connectivity index (χ2n) is 5.35. The Balaban J connectivity index is 2.64. The monoisotopic (exact) mass is 219 g/mol. The molecule has 16 heavy (non-hydrogen) atoms. The van der Waals surface area contributed by atoms with Crippen LogP contribution in [0.15, 0.2) is 30.3 Å². The lowest BCUT2D eigenvalue weighted by Crippen LogP contribution is -2.42. The molecule has 90 valence electrons. The van der Waals surface area contributed by atoms with Crippen LogP contribution in [0.25, 0.3) is 0 Å². The molecule has 0 radical (unpaired) electrons. The van der Waals surface area contributed by atoms with Crippen LogP contribution in [0, 0.1) is 5.92 Å². The Morgan fingerprint density at radius 2 is 1.81 bits per heavy atom. The Kier molecular flexibility index (Phi) is 5.01. The first-order valence-corrected chi connectivity index (χ1v) is 6.37. The minimum Gasteiger partial charge on any atom is -0.325 e. The van der Waals surface area contributed by atoms with Gasteiger partial charge in [0, 0.05) is 5.54 Å². The van der Waals surface area contributed by atoms with Gasteiger partial charge in [-0.25, -0.2) is 0 Å². The molecule has 0 fully saturated rings. The maximum Gasteiger partial charge on any atom is 0.0129 e. The lowest BCUT2D eigenvalue weighted by atomic mass is 9.80. The van der Waals surface area contributed by atoms with Crippen LogP contribution in [0.3, 0.4) is 0 Å². The van der Waals surface area contributed by atoms with Crippen molar-refractivity contribution in [3.05, 3.63) is 35.9 Å². The molecule has 0 aliphatic heterocycles. The molecule has 2 N–H and O–H groups in total. The van der Waals surface area contributed by atoms with E-state index in [4.69, 9.17) is 5.73 Å². The number of hydrogen-bond donors (Lipinski definition) is 1. The third-order valence-corrected chi connectivity index (χ3v) is 3.28. The average Bonchev–Trinajstić information content (AvgIpc) is 2.24. The Labute approximate surface area is 100 Å². The molecule has 0 spiro atoms. The predicted molar refractivity (Wildman–Crippen MR) is 71.4 cm³/mol. The molecule has 0 aromatic heterocycles. The van der Waals surface area contributed by atoms with E-state index in [9.17, 15) is 0 Å². The lowest BCUT2D eigenvalue weighted by molar-refractivity contribution is 0.292. The standard InChI is InChI=1S/C15H25N/c1-4-5-11-14(15(2,3)16)12-13-9-7-6-8-10-13/h6-10,14H,4-5,11-12,16H2,1-3H3. The van der Waals surface area contributed by atoms with Crippen LogP contribution in [0.4, 0.5) is 0 Å². The third-order valence-electron chi connectivity index (χ3n) is 3.28. The maximum absolute atomic E-state index is 6.27. The number of rotatable bonds is 6. The Morgan fingerprint density at radius 1 is 1.19 bits per heavy atom. The minimum absolute atomic E-state index is 0.0784. The number of unbranched alkanes of at least 4 members (excludes halogenated alkanes) is 1. The van der Waals surface area contributed by atoms with E-state index in [0.29, 0.717) is 5.92 Å². The predicted octanol–water partition coefficient (Wildman–Crippen LogP) is 3.77. The van der Waals surface area contributed by atoms with Gasteiger partial charge in [-0.05, 0) is 38.2 Å². The Bertz CT molecular complexity index is 284. The lowest BCUT2D eigenvalue weighted by Gasteiger charge is -2.31. The van der Waals surface area contributed by atoms with Crippen LogP contribution in [0.2, 0.25) is 0 Å². The minimum atomic E-state index is -0.0784. The van der Waals surface area contributed by atoms with Crippen molar-refractivity contribution in [2.45, 2.75) is 52.0 Å². The van der Waals surface area contributed by atoms with E-state index in [-0.39, 0.29) is 5.54 Å². The first-order chi connectivity index (χ1) is 7.54. The van der Waals surface area contributed by atoms with E-state index >= 15 is 0 Å². The number of benzene rings is 1. The first kappa shape index (κ1) is 13.2. The summed E-state index contributed by atoms with van der Waals surface area (Å²) in [5, 5.41) is 0. The highest BCUT2D eigenvalue weighted by molar-refractivity contribution is 5.16. The van der Waals surface area contributed by atoms with Crippen molar-refractivity contribution < 1.29 is 0 Å². The molecule has 1 rings (SSSR count). The normalized spacial score (nSPS) is 13.8. The number of hydrogen-bond acceptors (Lipinski definition) is 1. The molecule has 0 heterocycles. The molecule has 1 heteroatoms. The van der Waals surface area contributed by atoms with Gasteiger partial charge in [0.05, 0.1) is 0 Å². The van der Waals surface area contributed by atoms with Crippen molar-refractivity contribution in [1.82, 2.24) is 0 Å². The molecular weight excluding hydrogens is 194 g/mol. The van der Waals surface area contributed by atoms with Crippen LogP contribution in [-0.2, 0) is 6.42 Å². The SMILES string of the molecule is CCCCC(Cc1ccccc1)C(C)(C)N. The molecule has 0 saturated carbocycles. The van der Waals surface area contributed by atoms with E-state index in [0.717, 1.165) is 6.42 Å². The molecule has 1 aromatic carbocycles. The van der Waals surface area contributed by atoms with Crippen molar-refractivity contribution in [2.24, 2.45) is 11.7 Å². The summed E-state index contributed by atoms with van der Waals surface area (Å²) < 4.78 is 0. The summed E-state index contributed by atoms with van der Waals surface area (Å²) in [7, 11) is 0. The van der Waals surface area contributed by atoms with Gasteiger partial charge in [0.2, 0.25) is 0 Å². The summed E-state index contributed by atoms with van der Waals surface area (Å²) >= 11 is 0. The van der Waals surface area contributed by atoms with Crippen LogP contribution < -0.4 is 5.73 Å². The average molecular weight is 219 g/mol. The highest BCUT2D eigenvalue weighted by Crippen LogP contribution is 2.24. The summed E-state index contributed by atoms with van der Waals surface area (Å²) in [5.74, 6) is 0.579. The van der Waals surface area contributed by atoms with Gasteiger partial charge in [0.25, 0.3) is 0 Å². The Hall–Kier alpha value is -0.820. The Morgan fingerprint density at radius 3 is 2.31 bits per heavy atom. The maximum atomic E-state index is 6.27. The second kappa shape index (κ2) is 6.05. The van der Waals surface area contributed by atoms with Crippen LogP contribution >= 0.6 is 0 Å². The molecule has 0 saturated heterocycles.